The summed E-state index contributed by atoms with van der Waals surface area (Å²) in [6.45, 7) is 2.97. The Kier molecular flexibility index (Phi) is 4.79. The average molecular weight is 280 g/mol. The molecule has 1 aromatic carbocycles. The number of carboxylic acids is 1. The molecule has 0 aromatic heterocycles. The van der Waals surface area contributed by atoms with Crippen LogP contribution in [-0.2, 0) is 16.0 Å². The molecule has 0 spiro atoms. The molecule has 0 heterocycles. The van der Waals surface area contributed by atoms with Gasteiger partial charge >= 0.3 is 5.97 Å². The quantitative estimate of drug-likeness (QED) is 0.648. The second-order valence-electron chi connectivity index (χ2n) is 4.51. The van der Waals surface area contributed by atoms with Crippen LogP contribution in [0.4, 0.5) is 5.69 Å². The first-order chi connectivity index (χ1) is 9.25. The summed E-state index contributed by atoms with van der Waals surface area (Å²) in [6, 6.07) is 3.56. The van der Waals surface area contributed by atoms with Gasteiger partial charge in [0.15, 0.2) is 0 Å². The van der Waals surface area contributed by atoms with Crippen LogP contribution in [0.5, 0.6) is 0 Å². The average Bonchev–Trinajstić information content (AvgIpc) is 2.38. The van der Waals surface area contributed by atoms with Crippen LogP contribution in [-0.4, -0.2) is 39.9 Å². The van der Waals surface area contributed by atoms with Crippen LogP contribution in [0.3, 0.4) is 0 Å². The molecule has 1 rings (SSSR count). The van der Waals surface area contributed by atoms with Crippen LogP contribution in [0.15, 0.2) is 18.2 Å². The molecule has 108 valence electrons. The normalized spacial score (nSPS) is 11.8. The van der Waals surface area contributed by atoms with Gasteiger partial charge in [-0.25, -0.2) is 4.79 Å². The van der Waals surface area contributed by atoms with E-state index in [4.69, 9.17) is 5.11 Å². The van der Waals surface area contributed by atoms with Gasteiger partial charge < -0.3 is 10.0 Å². The molecule has 0 fully saturated rings. The number of hydrogen-bond acceptors (Lipinski definition) is 4. The fourth-order valence-electron chi connectivity index (χ4n) is 1.73. The van der Waals surface area contributed by atoms with E-state index in [2.05, 4.69) is 0 Å². The third-order valence-corrected chi connectivity index (χ3v) is 3.29. The van der Waals surface area contributed by atoms with Gasteiger partial charge in [0.05, 0.1) is 11.3 Å². The Bertz CT molecular complexity index is 556. The van der Waals surface area contributed by atoms with E-state index in [9.17, 15) is 19.7 Å². The highest BCUT2D eigenvalue weighted by Crippen LogP contribution is 2.21. The molecule has 0 bridgehead atoms. The minimum Gasteiger partial charge on any atom is -0.480 e. The maximum absolute atomic E-state index is 12.0. The van der Waals surface area contributed by atoms with Crippen molar-refractivity contribution in [3.8, 4) is 0 Å². The lowest BCUT2D eigenvalue weighted by molar-refractivity contribution is -0.385. The van der Waals surface area contributed by atoms with Crippen molar-refractivity contribution >= 4 is 17.6 Å². The number of nitro benzene ring substituents is 1. The highest BCUT2D eigenvalue weighted by molar-refractivity contribution is 5.84. The number of benzene rings is 1. The molecular formula is C13H16N2O5. The summed E-state index contributed by atoms with van der Waals surface area (Å²) in [4.78, 5) is 34.2. The SMILES string of the molecule is Cc1c(CC(=O)N(C)C(C)C(=O)O)cccc1[N+](=O)[O-]. The first-order valence-corrected chi connectivity index (χ1v) is 5.97. The van der Waals surface area contributed by atoms with Gasteiger partial charge in [-0.05, 0) is 19.4 Å². The molecule has 7 heteroatoms. The minimum absolute atomic E-state index is 0.0516. The molecule has 0 radical (unpaired) electrons. The van der Waals surface area contributed by atoms with Crippen molar-refractivity contribution in [3.05, 3.63) is 39.4 Å². The zero-order chi connectivity index (χ0) is 15.4. The molecule has 1 aromatic rings. The number of carboxylic acid groups (broad SMARTS) is 1. The second kappa shape index (κ2) is 6.14. The van der Waals surface area contributed by atoms with E-state index in [0.717, 1.165) is 4.90 Å². The molecule has 0 saturated carbocycles. The van der Waals surface area contributed by atoms with Crippen molar-refractivity contribution in [1.82, 2.24) is 4.90 Å². The number of likely N-dealkylation sites (N-methyl/N-ethyl adjacent to an activating group) is 1. The zero-order valence-corrected chi connectivity index (χ0v) is 11.5. The summed E-state index contributed by atoms with van der Waals surface area (Å²) in [5.74, 6) is -1.50. The van der Waals surface area contributed by atoms with Crippen LogP contribution in [0.25, 0.3) is 0 Å². The Hall–Kier alpha value is -2.44. The van der Waals surface area contributed by atoms with E-state index in [1.165, 1.54) is 26.1 Å². The van der Waals surface area contributed by atoms with Gasteiger partial charge in [0, 0.05) is 18.7 Å². The van der Waals surface area contributed by atoms with Crippen molar-refractivity contribution in [2.75, 3.05) is 7.05 Å². The van der Waals surface area contributed by atoms with Crippen molar-refractivity contribution in [2.45, 2.75) is 26.3 Å². The van der Waals surface area contributed by atoms with Crippen LogP contribution >= 0.6 is 0 Å². The smallest absolute Gasteiger partial charge is 0.326 e. The molecule has 1 unspecified atom stereocenters. The maximum Gasteiger partial charge on any atom is 0.326 e. The Morgan fingerprint density at radius 3 is 2.55 bits per heavy atom. The second-order valence-corrected chi connectivity index (χ2v) is 4.51. The molecule has 1 atom stereocenters. The predicted octanol–water partition coefficient (Wildman–Crippen LogP) is 1.38. The van der Waals surface area contributed by atoms with E-state index in [0.29, 0.717) is 11.1 Å². The molecule has 0 aliphatic heterocycles. The Morgan fingerprint density at radius 1 is 1.45 bits per heavy atom. The van der Waals surface area contributed by atoms with Crippen LogP contribution in [0.1, 0.15) is 18.1 Å². The third kappa shape index (κ3) is 3.31. The number of hydrogen-bond donors (Lipinski definition) is 1. The summed E-state index contributed by atoms with van der Waals surface area (Å²) in [7, 11) is 1.40. The van der Waals surface area contributed by atoms with Crippen molar-refractivity contribution in [1.29, 1.82) is 0 Å². The van der Waals surface area contributed by atoms with Crippen molar-refractivity contribution in [2.24, 2.45) is 0 Å². The van der Waals surface area contributed by atoms with E-state index in [1.54, 1.807) is 13.0 Å². The van der Waals surface area contributed by atoms with Gasteiger partial charge in [0.1, 0.15) is 6.04 Å². The maximum atomic E-state index is 12.0. The minimum atomic E-state index is -1.10. The first kappa shape index (κ1) is 15.6. The zero-order valence-electron chi connectivity index (χ0n) is 11.5. The fourth-order valence-corrected chi connectivity index (χ4v) is 1.73. The Morgan fingerprint density at radius 2 is 2.05 bits per heavy atom. The number of nitrogens with zero attached hydrogens (tertiary/aromatic N) is 2. The molecule has 1 N–H and O–H groups in total. The molecule has 7 nitrogen and oxygen atoms in total. The number of nitro groups is 1. The number of rotatable bonds is 5. The first-order valence-electron chi connectivity index (χ1n) is 5.97. The lowest BCUT2D eigenvalue weighted by atomic mass is 10.0. The number of carbonyl (C=O) groups excluding carboxylic acids is 1. The topological polar surface area (TPSA) is 101 Å². The Labute approximate surface area is 116 Å². The molecule has 0 aliphatic rings. The third-order valence-electron chi connectivity index (χ3n) is 3.29. The highest BCUT2D eigenvalue weighted by atomic mass is 16.6. The lowest BCUT2D eigenvalue weighted by Crippen LogP contribution is -2.41. The van der Waals surface area contributed by atoms with Gasteiger partial charge in [-0.15, -0.1) is 0 Å². The number of aliphatic carboxylic acids is 1. The fraction of sp³-hybridized carbons (Fsp3) is 0.385. The van der Waals surface area contributed by atoms with Crippen LogP contribution < -0.4 is 0 Å². The Balaban J connectivity index is 2.94. The molecule has 1 amide bonds. The standard InChI is InChI=1S/C13H16N2O5/c1-8-10(5-4-6-11(8)15(19)20)7-12(16)14(3)9(2)13(17)18/h4-6,9H,7H2,1-3H3,(H,17,18). The number of carbonyl (C=O) groups is 2. The summed E-state index contributed by atoms with van der Waals surface area (Å²) < 4.78 is 0. The van der Waals surface area contributed by atoms with Crippen molar-refractivity contribution in [3.63, 3.8) is 0 Å². The molecular weight excluding hydrogens is 264 g/mol. The monoisotopic (exact) mass is 280 g/mol. The largest absolute Gasteiger partial charge is 0.480 e. The summed E-state index contributed by atoms with van der Waals surface area (Å²) in [5.41, 5.74) is 0.889. The van der Waals surface area contributed by atoms with E-state index in [-0.39, 0.29) is 12.1 Å². The molecule has 0 saturated heterocycles. The molecule has 20 heavy (non-hydrogen) atoms. The van der Waals surface area contributed by atoms with Crippen LogP contribution in [0.2, 0.25) is 0 Å². The van der Waals surface area contributed by atoms with Gasteiger partial charge in [0.25, 0.3) is 5.69 Å². The van der Waals surface area contributed by atoms with Gasteiger partial charge in [0.2, 0.25) is 5.91 Å². The van der Waals surface area contributed by atoms with E-state index < -0.39 is 22.8 Å². The lowest BCUT2D eigenvalue weighted by Gasteiger charge is -2.21. The summed E-state index contributed by atoms with van der Waals surface area (Å²) in [6.07, 6.45) is -0.0678. The van der Waals surface area contributed by atoms with Crippen LogP contribution in [0, 0.1) is 17.0 Å². The van der Waals surface area contributed by atoms with E-state index in [1.807, 2.05) is 0 Å². The summed E-state index contributed by atoms with van der Waals surface area (Å²) >= 11 is 0. The van der Waals surface area contributed by atoms with E-state index >= 15 is 0 Å². The van der Waals surface area contributed by atoms with Gasteiger partial charge in [-0.1, -0.05) is 12.1 Å². The molecule has 0 aliphatic carbocycles. The number of amides is 1. The van der Waals surface area contributed by atoms with Crippen molar-refractivity contribution < 1.29 is 19.6 Å². The predicted molar refractivity (Wildman–Crippen MR) is 71.4 cm³/mol. The highest BCUT2D eigenvalue weighted by Gasteiger charge is 2.23. The van der Waals surface area contributed by atoms with Gasteiger partial charge in [-0.2, -0.15) is 0 Å². The van der Waals surface area contributed by atoms with Gasteiger partial charge in [-0.3, -0.25) is 14.9 Å². The summed E-state index contributed by atoms with van der Waals surface area (Å²) in [5, 5.41) is 19.7.